The zero-order chi connectivity index (χ0) is 10.0. The standard InChI is InChI=1S/C11H12ClNO/c1-2-11(7-14-8-13-11)9-3-5-10(12)6-4-9/h3-6,8H,2,7H2,1H3. The molecule has 3 heteroatoms. The van der Waals surface area contributed by atoms with E-state index in [1.54, 1.807) is 0 Å². The molecule has 0 bridgehead atoms. The van der Waals surface area contributed by atoms with E-state index in [9.17, 15) is 0 Å². The van der Waals surface area contributed by atoms with Gasteiger partial charge in [0.1, 0.15) is 12.1 Å². The van der Waals surface area contributed by atoms with Gasteiger partial charge in [-0.2, -0.15) is 0 Å². The summed E-state index contributed by atoms with van der Waals surface area (Å²) in [6.07, 6.45) is 2.48. The summed E-state index contributed by atoms with van der Waals surface area (Å²) in [5.41, 5.74) is 0.975. The molecule has 1 heterocycles. The Balaban J connectivity index is 2.37. The molecular weight excluding hydrogens is 198 g/mol. The van der Waals surface area contributed by atoms with E-state index in [1.165, 1.54) is 6.40 Å². The van der Waals surface area contributed by atoms with Crippen molar-refractivity contribution in [3.8, 4) is 0 Å². The molecule has 0 spiro atoms. The van der Waals surface area contributed by atoms with Crippen LogP contribution in [0.5, 0.6) is 0 Å². The number of hydrogen-bond acceptors (Lipinski definition) is 2. The van der Waals surface area contributed by atoms with Crippen LogP contribution in [0.15, 0.2) is 29.3 Å². The summed E-state index contributed by atoms with van der Waals surface area (Å²) in [5, 5.41) is 0.753. The normalized spacial score (nSPS) is 25.0. The minimum atomic E-state index is -0.190. The maximum Gasteiger partial charge on any atom is 0.170 e. The number of aliphatic imine (C=N–C) groups is 1. The van der Waals surface area contributed by atoms with E-state index in [1.807, 2.05) is 24.3 Å². The first-order valence-corrected chi connectivity index (χ1v) is 5.06. The molecule has 1 aliphatic heterocycles. The van der Waals surface area contributed by atoms with Gasteiger partial charge >= 0.3 is 0 Å². The third kappa shape index (κ3) is 1.50. The van der Waals surface area contributed by atoms with E-state index in [0.717, 1.165) is 17.0 Å². The fourth-order valence-electron chi connectivity index (χ4n) is 1.67. The molecule has 74 valence electrons. The first-order valence-electron chi connectivity index (χ1n) is 4.68. The van der Waals surface area contributed by atoms with E-state index < -0.39 is 0 Å². The van der Waals surface area contributed by atoms with Crippen LogP contribution in [0.3, 0.4) is 0 Å². The molecule has 1 atom stereocenters. The van der Waals surface area contributed by atoms with Gasteiger partial charge in [-0.1, -0.05) is 30.7 Å². The van der Waals surface area contributed by atoms with Crippen molar-refractivity contribution in [1.29, 1.82) is 0 Å². The molecule has 1 unspecified atom stereocenters. The minimum Gasteiger partial charge on any atom is -0.481 e. The summed E-state index contributed by atoms with van der Waals surface area (Å²) in [4.78, 5) is 4.40. The lowest BCUT2D eigenvalue weighted by Gasteiger charge is -2.22. The zero-order valence-electron chi connectivity index (χ0n) is 8.03. The van der Waals surface area contributed by atoms with Crippen LogP contribution in [-0.4, -0.2) is 13.0 Å². The van der Waals surface area contributed by atoms with Crippen molar-refractivity contribution in [1.82, 2.24) is 0 Å². The van der Waals surface area contributed by atoms with Crippen molar-refractivity contribution < 1.29 is 4.74 Å². The molecule has 0 fully saturated rings. The van der Waals surface area contributed by atoms with E-state index in [-0.39, 0.29) is 5.54 Å². The van der Waals surface area contributed by atoms with Gasteiger partial charge in [0.25, 0.3) is 0 Å². The van der Waals surface area contributed by atoms with Crippen LogP contribution in [0, 0.1) is 0 Å². The number of rotatable bonds is 2. The van der Waals surface area contributed by atoms with Gasteiger partial charge in [-0.3, -0.25) is 0 Å². The predicted molar refractivity (Wildman–Crippen MR) is 57.9 cm³/mol. The summed E-state index contributed by atoms with van der Waals surface area (Å²) in [7, 11) is 0. The smallest absolute Gasteiger partial charge is 0.170 e. The van der Waals surface area contributed by atoms with Crippen molar-refractivity contribution in [2.24, 2.45) is 4.99 Å². The number of ether oxygens (including phenoxy) is 1. The van der Waals surface area contributed by atoms with Crippen molar-refractivity contribution in [2.75, 3.05) is 6.61 Å². The third-order valence-electron chi connectivity index (χ3n) is 2.66. The highest BCUT2D eigenvalue weighted by atomic mass is 35.5. The largest absolute Gasteiger partial charge is 0.481 e. The van der Waals surface area contributed by atoms with E-state index in [2.05, 4.69) is 11.9 Å². The monoisotopic (exact) mass is 209 g/mol. The molecule has 1 aromatic carbocycles. The summed E-state index contributed by atoms with van der Waals surface area (Å²) >= 11 is 5.84. The summed E-state index contributed by atoms with van der Waals surface area (Å²) < 4.78 is 5.21. The second-order valence-electron chi connectivity index (χ2n) is 3.44. The fourth-order valence-corrected chi connectivity index (χ4v) is 1.79. The molecule has 1 aliphatic rings. The Morgan fingerprint density at radius 2 is 2.14 bits per heavy atom. The van der Waals surface area contributed by atoms with Crippen molar-refractivity contribution in [3.05, 3.63) is 34.9 Å². The average Bonchev–Trinajstić information content (AvgIpc) is 2.68. The molecule has 0 amide bonds. The van der Waals surface area contributed by atoms with Gasteiger partial charge in [0.05, 0.1) is 0 Å². The van der Waals surface area contributed by atoms with Gasteiger partial charge in [0.2, 0.25) is 0 Å². The maximum atomic E-state index is 5.84. The van der Waals surface area contributed by atoms with Crippen LogP contribution in [-0.2, 0) is 10.3 Å². The molecule has 2 rings (SSSR count). The van der Waals surface area contributed by atoms with E-state index in [0.29, 0.717) is 6.61 Å². The average molecular weight is 210 g/mol. The molecule has 1 aromatic rings. The lowest BCUT2D eigenvalue weighted by atomic mass is 9.89. The van der Waals surface area contributed by atoms with Crippen molar-refractivity contribution in [3.63, 3.8) is 0 Å². The topological polar surface area (TPSA) is 21.6 Å². The van der Waals surface area contributed by atoms with Gasteiger partial charge in [-0.25, -0.2) is 4.99 Å². The number of hydrogen-bond donors (Lipinski definition) is 0. The molecule has 0 aliphatic carbocycles. The lowest BCUT2D eigenvalue weighted by Crippen LogP contribution is -2.24. The molecule has 0 aromatic heterocycles. The quantitative estimate of drug-likeness (QED) is 0.734. The maximum absolute atomic E-state index is 5.84. The molecule has 2 nitrogen and oxygen atoms in total. The highest BCUT2D eigenvalue weighted by molar-refractivity contribution is 6.30. The van der Waals surface area contributed by atoms with Gasteiger partial charge in [-0.05, 0) is 24.1 Å². The van der Waals surface area contributed by atoms with Crippen LogP contribution >= 0.6 is 11.6 Å². The van der Waals surface area contributed by atoms with Gasteiger partial charge in [0, 0.05) is 5.02 Å². The van der Waals surface area contributed by atoms with Crippen LogP contribution in [0.4, 0.5) is 0 Å². The molecule has 0 radical (unpaired) electrons. The molecular formula is C11H12ClNO. The van der Waals surface area contributed by atoms with Gasteiger partial charge in [0.15, 0.2) is 6.40 Å². The second kappa shape index (κ2) is 3.62. The Labute approximate surface area is 88.6 Å². The number of nitrogens with zero attached hydrogens (tertiary/aromatic N) is 1. The van der Waals surface area contributed by atoms with Crippen molar-refractivity contribution >= 4 is 18.0 Å². The first-order chi connectivity index (χ1) is 6.77. The highest BCUT2D eigenvalue weighted by Gasteiger charge is 2.33. The Hall–Kier alpha value is -1.02. The molecule has 0 saturated carbocycles. The zero-order valence-corrected chi connectivity index (χ0v) is 8.79. The summed E-state index contributed by atoms with van der Waals surface area (Å²) in [5.74, 6) is 0. The highest BCUT2D eigenvalue weighted by Crippen LogP contribution is 2.33. The Bertz CT molecular complexity index is 347. The van der Waals surface area contributed by atoms with E-state index in [4.69, 9.17) is 16.3 Å². The van der Waals surface area contributed by atoms with Crippen LogP contribution in [0.25, 0.3) is 0 Å². The summed E-state index contributed by atoms with van der Waals surface area (Å²) in [6, 6.07) is 7.81. The Morgan fingerprint density at radius 3 is 2.64 bits per heavy atom. The second-order valence-corrected chi connectivity index (χ2v) is 3.87. The Kier molecular flexibility index (Phi) is 2.46. The molecule has 0 N–H and O–H groups in total. The van der Waals surface area contributed by atoms with Crippen LogP contribution < -0.4 is 0 Å². The lowest BCUT2D eigenvalue weighted by molar-refractivity contribution is 0.257. The number of benzene rings is 1. The number of halogens is 1. The Morgan fingerprint density at radius 1 is 1.43 bits per heavy atom. The van der Waals surface area contributed by atoms with Gasteiger partial charge < -0.3 is 4.74 Å². The van der Waals surface area contributed by atoms with Crippen LogP contribution in [0.2, 0.25) is 5.02 Å². The summed E-state index contributed by atoms with van der Waals surface area (Å²) in [6.45, 7) is 2.74. The first kappa shape index (κ1) is 9.53. The fraction of sp³-hybridized carbons (Fsp3) is 0.364. The van der Waals surface area contributed by atoms with Gasteiger partial charge in [-0.15, -0.1) is 0 Å². The molecule has 14 heavy (non-hydrogen) atoms. The molecule has 0 saturated heterocycles. The SMILES string of the molecule is CCC1(c2ccc(Cl)cc2)COC=N1. The van der Waals surface area contributed by atoms with E-state index >= 15 is 0 Å². The third-order valence-corrected chi connectivity index (χ3v) is 2.91. The predicted octanol–water partition coefficient (Wildman–Crippen LogP) is 3.00. The van der Waals surface area contributed by atoms with Crippen LogP contribution in [0.1, 0.15) is 18.9 Å². The minimum absolute atomic E-state index is 0.190. The van der Waals surface area contributed by atoms with Crippen molar-refractivity contribution in [2.45, 2.75) is 18.9 Å².